The van der Waals surface area contributed by atoms with Crippen LogP contribution >= 0.6 is 34.7 Å². The van der Waals surface area contributed by atoms with E-state index in [2.05, 4.69) is 36.1 Å². The molecule has 4 N–H and O–H groups in total. The zero-order chi connectivity index (χ0) is 36.5. The van der Waals surface area contributed by atoms with Gasteiger partial charge in [-0.1, -0.05) is 59.8 Å². The summed E-state index contributed by atoms with van der Waals surface area (Å²) in [5, 5.41) is 21.9. The summed E-state index contributed by atoms with van der Waals surface area (Å²) in [4.78, 5) is 61.5. The second-order valence-corrected chi connectivity index (χ2v) is 13.7. The van der Waals surface area contributed by atoms with Gasteiger partial charge in [0.2, 0.25) is 0 Å². The highest BCUT2D eigenvalue weighted by atomic mass is 35.5. The predicted octanol–water partition coefficient (Wildman–Crippen LogP) is 6.97. The Bertz CT molecular complexity index is 2250. The van der Waals surface area contributed by atoms with E-state index in [9.17, 15) is 24.5 Å². The van der Waals surface area contributed by atoms with Gasteiger partial charge >= 0.3 is 6.09 Å². The number of carbonyl (C=O) groups excluding carboxylic acids is 3. The minimum atomic E-state index is -1.07. The minimum absolute atomic E-state index is 0.0155. The third-order valence-electron chi connectivity index (χ3n) is 7.30. The number of nitro groups is 1. The molecule has 0 saturated heterocycles. The fourth-order valence-electron chi connectivity index (χ4n) is 4.75. The molecule has 0 aliphatic rings. The lowest BCUT2D eigenvalue weighted by Gasteiger charge is -2.16. The summed E-state index contributed by atoms with van der Waals surface area (Å²) in [6.07, 6.45) is 3.51. The largest absolute Gasteiger partial charge is 0.445 e. The molecule has 0 unspecified atom stereocenters. The Morgan fingerprint density at radius 1 is 1.06 bits per heavy atom. The fourth-order valence-corrected chi connectivity index (χ4v) is 7.02. The van der Waals surface area contributed by atoms with Crippen LogP contribution in [0.4, 0.5) is 16.2 Å². The van der Waals surface area contributed by atoms with E-state index < -0.39 is 23.0 Å². The van der Waals surface area contributed by atoms with Crippen LogP contribution in [-0.4, -0.2) is 50.0 Å². The van der Waals surface area contributed by atoms with Crippen molar-refractivity contribution < 1.29 is 24.0 Å². The Labute approximate surface area is 308 Å². The molecule has 52 heavy (non-hydrogen) atoms. The van der Waals surface area contributed by atoms with Crippen molar-refractivity contribution in [1.29, 1.82) is 0 Å². The molecule has 262 valence electrons. The van der Waals surface area contributed by atoms with Crippen LogP contribution in [0.15, 0.2) is 118 Å². The van der Waals surface area contributed by atoms with Crippen LogP contribution in [0.3, 0.4) is 0 Å². The van der Waals surface area contributed by atoms with Crippen LogP contribution in [0.5, 0.6) is 0 Å². The highest BCUT2D eigenvalue weighted by Crippen LogP contribution is 2.39. The molecule has 0 aliphatic carbocycles. The highest BCUT2D eigenvalue weighted by Gasteiger charge is 2.23. The molecule has 2 heterocycles. The molecule has 6 rings (SSSR count). The zero-order valence-electron chi connectivity index (χ0n) is 26.8. The van der Waals surface area contributed by atoms with Crippen LogP contribution in [0.2, 0.25) is 5.02 Å². The molecule has 6 aromatic rings. The number of rotatable bonds is 13. The van der Waals surface area contributed by atoms with Gasteiger partial charge in [-0.25, -0.2) is 20.2 Å². The fraction of sp³-hybridized carbons (Fsp3) is 0.0857. The lowest BCUT2D eigenvalue weighted by atomic mass is 10.1. The van der Waals surface area contributed by atoms with Crippen LogP contribution in [0.1, 0.15) is 27.2 Å². The molecule has 0 saturated carbocycles. The molecule has 1 atom stereocenters. The number of nitrogens with zero attached hydrogens (tertiary/aromatic N) is 4. The van der Waals surface area contributed by atoms with Crippen LogP contribution < -0.4 is 16.1 Å². The molecular formula is C35H27ClN8O6S2. The van der Waals surface area contributed by atoms with Gasteiger partial charge in [0.15, 0.2) is 4.34 Å². The van der Waals surface area contributed by atoms with Crippen molar-refractivity contribution in [2.75, 3.05) is 5.32 Å². The van der Waals surface area contributed by atoms with E-state index in [1.807, 2.05) is 18.2 Å². The summed E-state index contributed by atoms with van der Waals surface area (Å²) < 4.78 is 6.60. The molecule has 2 aromatic heterocycles. The SMILES string of the molecule is O=C(N[C@@H](Cc1cnc[nH]1)C(=O)N/N=C\c1ccc(Sc2nc3ccc(NC(=O)c4ccc(Cl)cc4)cc3s2)c([N+](=O)[O-])c1)OCc1ccccc1. The number of ether oxygens (including phenoxy) is 1. The molecule has 0 bridgehead atoms. The number of halogens is 1. The first-order valence-electron chi connectivity index (χ1n) is 15.4. The Hall–Kier alpha value is -6.10. The third-order valence-corrected chi connectivity index (χ3v) is 9.69. The third kappa shape index (κ3) is 9.57. The number of H-pyrrole nitrogens is 1. The van der Waals surface area contributed by atoms with Crippen molar-refractivity contribution in [3.05, 3.63) is 141 Å². The molecule has 4 aromatic carbocycles. The number of aromatic amines is 1. The monoisotopic (exact) mass is 754 g/mol. The summed E-state index contributed by atoms with van der Waals surface area (Å²) in [7, 11) is 0. The lowest BCUT2D eigenvalue weighted by Crippen LogP contribution is -2.47. The summed E-state index contributed by atoms with van der Waals surface area (Å²) in [5.41, 5.74) is 5.61. The number of hydrazone groups is 1. The van der Waals surface area contributed by atoms with E-state index in [1.165, 1.54) is 36.1 Å². The molecule has 14 nitrogen and oxygen atoms in total. The highest BCUT2D eigenvalue weighted by molar-refractivity contribution is 8.01. The van der Waals surface area contributed by atoms with Gasteiger partial charge in [0.1, 0.15) is 12.6 Å². The number of amides is 3. The van der Waals surface area contributed by atoms with E-state index in [0.29, 0.717) is 42.3 Å². The van der Waals surface area contributed by atoms with Crippen molar-refractivity contribution in [2.24, 2.45) is 5.10 Å². The quantitative estimate of drug-likeness (QED) is 0.0547. The topological polar surface area (TPSA) is 194 Å². The van der Waals surface area contributed by atoms with Crippen LogP contribution in [-0.2, 0) is 22.6 Å². The summed E-state index contributed by atoms with van der Waals surface area (Å²) >= 11 is 8.37. The number of nitro benzene ring substituents is 1. The van der Waals surface area contributed by atoms with Gasteiger partial charge in [-0.3, -0.25) is 19.7 Å². The Kier molecular flexibility index (Phi) is 11.5. The Balaban J connectivity index is 1.09. The normalized spacial score (nSPS) is 11.6. The summed E-state index contributed by atoms with van der Waals surface area (Å²) in [5.74, 6) is -0.938. The number of benzene rings is 4. The molecule has 0 spiro atoms. The molecular weight excluding hydrogens is 728 g/mol. The number of nitrogens with one attached hydrogen (secondary N) is 4. The summed E-state index contributed by atoms with van der Waals surface area (Å²) in [6.45, 7) is 0.0155. The van der Waals surface area contributed by atoms with E-state index in [4.69, 9.17) is 16.3 Å². The Morgan fingerprint density at radius 2 is 1.87 bits per heavy atom. The van der Waals surface area contributed by atoms with Crippen molar-refractivity contribution in [3.8, 4) is 0 Å². The van der Waals surface area contributed by atoms with Gasteiger partial charge in [0, 0.05) is 46.2 Å². The van der Waals surface area contributed by atoms with E-state index in [0.717, 1.165) is 22.0 Å². The van der Waals surface area contributed by atoms with E-state index in [-0.39, 0.29) is 24.6 Å². The zero-order valence-corrected chi connectivity index (χ0v) is 29.2. The van der Waals surface area contributed by atoms with Gasteiger partial charge < -0.3 is 20.4 Å². The van der Waals surface area contributed by atoms with Crippen molar-refractivity contribution in [3.63, 3.8) is 0 Å². The predicted molar refractivity (Wildman–Crippen MR) is 198 cm³/mol. The number of hydrogen-bond donors (Lipinski definition) is 4. The van der Waals surface area contributed by atoms with Gasteiger partial charge in [-0.15, -0.1) is 11.3 Å². The molecule has 0 aliphatic heterocycles. The van der Waals surface area contributed by atoms with Gasteiger partial charge in [-0.05, 0) is 54.1 Å². The number of thiazole rings is 1. The van der Waals surface area contributed by atoms with E-state index >= 15 is 0 Å². The van der Waals surface area contributed by atoms with E-state index in [1.54, 1.807) is 66.7 Å². The Morgan fingerprint density at radius 3 is 2.62 bits per heavy atom. The van der Waals surface area contributed by atoms with Crippen molar-refractivity contribution in [1.82, 2.24) is 25.7 Å². The van der Waals surface area contributed by atoms with Crippen molar-refractivity contribution >= 4 is 80.4 Å². The smallest absolute Gasteiger partial charge is 0.408 e. The maximum atomic E-state index is 13.1. The number of fused-ring (bicyclic) bond motifs is 1. The first-order chi connectivity index (χ1) is 25.2. The van der Waals surface area contributed by atoms with Gasteiger partial charge in [-0.2, -0.15) is 5.10 Å². The van der Waals surface area contributed by atoms with Gasteiger partial charge in [0.05, 0.1) is 32.6 Å². The number of alkyl carbamates (subject to hydrolysis) is 1. The van der Waals surface area contributed by atoms with Crippen molar-refractivity contribution in [2.45, 2.75) is 28.3 Å². The van der Waals surface area contributed by atoms with Gasteiger partial charge in [0.25, 0.3) is 17.5 Å². The number of aromatic nitrogens is 3. The lowest BCUT2D eigenvalue weighted by molar-refractivity contribution is -0.387. The number of hydrogen-bond acceptors (Lipinski definition) is 11. The molecule has 0 radical (unpaired) electrons. The average Bonchev–Trinajstić information content (AvgIpc) is 3.81. The standard InChI is InChI=1S/C35H27ClN8O6S2/c36-24-9-7-23(8-10-24)32(45)40-25-11-12-27-31(16-25)52-35(42-27)51-30-13-6-22(14-29(30)44(48)49)17-39-43-33(46)28(15-26-18-37-20-38-26)41-34(47)50-19-21-4-2-1-3-5-21/h1-14,16-18,20,28H,15,19H2,(H,37,38)(H,40,45)(H,41,47)(H,43,46)/b39-17-/t28-/m0/s1. The molecule has 0 fully saturated rings. The van der Waals surface area contributed by atoms with Crippen LogP contribution in [0, 0.1) is 10.1 Å². The first-order valence-corrected chi connectivity index (χ1v) is 17.4. The number of carbonyl (C=O) groups is 3. The van der Waals surface area contributed by atoms with Crippen LogP contribution in [0.25, 0.3) is 10.2 Å². The summed E-state index contributed by atoms with van der Waals surface area (Å²) in [6, 6.07) is 24.3. The maximum absolute atomic E-state index is 13.1. The maximum Gasteiger partial charge on any atom is 0.408 e. The second kappa shape index (κ2) is 16.7. The second-order valence-electron chi connectivity index (χ2n) is 11.0. The first kappa shape index (κ1) is 35.7. The minimum Gasteiger partial charge on any atom is -0.445 e. The number of anilines is 1. The molecule has 17 heteroatoms. The average molecular weight is 755 g/mol. The number of imidazole rings is 1. The molecule has 3 amide bonds.